The van der Waals surface area contributed by atoms with Gasteiger partial charge in [-0.05, 0) is 37.0 Å². The average molecular weight is 230 g/mol. The Morgan fingerprint density at radius 1 is 1.12 bits per heavy atom. The van der Waals surface area contributed by atoms with Crippen LogP contribution in [-0.4, -0.2) is 11.2 Å². The Kier molecular flexibility index (Phi) is 6.43. The Hall–Kier alpha value is -1.26. The highest BCUT2D eigenvalue weighted by molar-refractivity contribution is 5.36. The molecule has 0 radical (unpaired) electrons. The van der Waals surface area contributed by atoms with Crippen LogP contribution in [0.3, 0.4) is 0 Å². The molecule has 0 aromatic heterocycles. The molecule has 0 saturated heterocycles. The molecule has 0 aliphatic heterocycles. The summed E-state index contributed by atoms with van der Waals surface area (Å²) in [6.45, 7) is 4.15. The lowest BCUT2D eigenvalue weighted by atomic mass is 10.1. The quantitative estimate of drug-likeness (QED) is 0.606. The van der Waals surface area contributed by atoms with Crippen LogP contribution >= 0.6 is 0 Å². The number of benzene rings is 1. The summed E-state index contributed by atoms with van der Waals surface area (Å²) in [7, 11) is 0. The zero-order valence-corrected chi connectivity index (χ0v) is 10.9. The standard InChI is InChI=1S/C16H22O/c1-3-5-6-7-14-8-10-15(11-9-14)12-13-16(17)4-2/h8-11,16-17H,3-7H2,1-2H3. The maximum Gasteiger partial charge on any atom is 0.114 e. The first kappa shape index (κ1) is 13.8. The number of hydrogen-bond donors (Lipinski definition) is 1. The molecule has 1 N–H and O–H groups in total. The maximum absolute atomic E-state index is 9.34. The molecule has 0 aliphatic rings. The second kappa shape index (κ2) is 7.92. The van der Waals surface area contributed by atoms with E-state index in [4.69, 9.17) is 0 Å². The van der Waals surface area contributed by atoms with Crippen molar-refractivity contribution in [3.8, 4) is 11.8 Å². The molecule has 1 rings (SSSR count). The second-order valence-electron chi connectivity index (χ2n) is 4.35. The van der Waals surface area contributed by atoms with Gasteiger partial charge in [0.05, 0.1) is 0 Å². The molecule has 17 heavy (non-hydrogen) atoms. The van der Waals surface area contributed by atoms with Crippen molar-refractivity contribution in [1.82, 2.24) is 0 Å². The van der Waals surface area contributed by atoms with E-state index >= 15 is 0 Å². The van der Waals surface area contributed by atoms with Gasteiger partial charge in [-0.1, -0.05) is 50.7 Å². The van der Waals surface area contributed by atoms with Gasteiger partial charge in [-0.2, -0.15) is 0 Å². The van der Waals surface area contributed by atoms with Crippen LogP contribution in [0.15, 0.2) is 24.3 Å². The van der Waals surface area contributed by atoms with Gasteiger partial charge in [-0.25, -0.2) is 0 Å². The number of unbranched alkanes of at least 4 members (excludes halogenated alkanes) is 2. The Morgan fingerprint density at radius 3 is 2.41 bits per heavy atom. The molecule has 92 valence electrons. The normalized spacial score (nSPS) is 11.7. The van der Waals surface area contributed by atoms with E-state index in [9.17, 15) is 5.11 Å². The van der Waals surface area contributed by atoms with Crippen molar-refractivity contribution >= 4 is 0 Å². The van der Waals surface area contributed by atoms with E-state index < -0.39 is 6.10 Å². The number of aliphatic hydroxyl groups excluding tert-OH is 1. The van der Waals surface area contributed by atoms with E-state index in [-0.39, 0.29) is 0 Å². The number of rotatable bonds is 5. The van der Waals surface area contributed by atoms with Gasteiger partial charge in [0.2, 0.25) is 0 Å². The first-order valence-corrected chi connectivity index (χ1v) is 6.54. The minimum Gasteiger partial charge on any atom is -0.380 e. The van der Waals surface area contributed by atoms with E-state index in [1.165, 1.54) is 24.8 Å². The van der Waals surface area contributed by atoms with Crippen LogP contribution in [0.1, 0.15) is 50.7 Å². The fraction of sp³-hybridized carbons (Fsp3) is 0.500. The Labute approximate surface area is 105 Å². The van der Waals surface area contributed by atoms with Gasteiger partial charge in [-0.3, -0.25) is 0 Å². The van der Waals surface area contributed by atoms with Gasteiger partial charge in [0, 0.05) is 5.56 Å². The van der Waals surface area contributed by atoms with Gasteiger partial charge < -0.3 is 5.11 Å². The predicted molar refractivity (Wildman–Crippen MR) is 72.8 cm³/mol. The first-order valence-electron chi connectivity index (χ1n) is 6.54. The molecule has 0 fully saturated rings. The summed E-state index contributed by atoms with van der Waals surface area (Å²) in [5, 5.41) is 9.34. The molecule has 0 spiro atoms. The zero-order chi connectivity index (χ0) is 12.5. The highest BCUT2D eigenvalue weighted by Crippen LogP contribution is 2.08. The molecular weight excluding hydrogens is 208 g/mol. The molecule has 0 bridgehead atoms. The van der Waals surface area contributed by atoms with Crippen LogP contribution in [0.25, 0.3) is 0 Å². The lowest BCUT2D eigenvalue weighted by Gasteiger charge is -2.00. The third kappa shape index (κ3) is 5.56. The van der Waals surface area contributed by atoms with Crippen molar-refractivity contribution in [2.24, 2.45) is 0 Å². The van der Waals surface area contributed by atoms with Crippen LogP contribution in [0.4, 0.5) is 0 Å². The van der Waals surface area contributed by atoms with Gasteiger partial charge in [0.1, 0.15) is 6.10 Å². The fourth-order valence-corrected chi connectivity index (χ4v) is 1.60. The van der Waals surface area contributed by atoms with Crippen molar-refractivity contribution in [2.45, 2.75) is 52.1 Å². The van der Waals surface area contributed by atoms with Crippen LogP contribution in [0.5, 0.6) is 0 Å². The predicted octanol–water partition coefficient (Wildman–Crippen LogP) is 3.54. The van der Waals surface area contributed by atoms with Crippen molar-refractivity contribution < 1.29 is 5.11 Å². The second-order valence-corrected chi connectivity index (χ2v) is 4.35. The van der Waals surface area contributed by atoms with Crippen molar-refractivity contribution in [3.63, 3.8) is 0 Å². The van der Waals surface area contributed by atoms with Crippen LogP contribution in [0, 0.1) is 11.8 Å². The fourth-order valence-electron chi connectivity index (χ4n) is 1.60. The van der Waals surface area contributed by atoms with Crippen molar-refractivity contribution in [1.29, 1.82) is 0 Å². The van der Waals surface area contributed by atoms with Crippen molar-refractivity contribution in [2.75, 3.05) is 0 Å². The number of aliphatic hydroxyl groups is 1. The third-order valence-electron chi connectivity index (χ3n) is 2.79. The summed E-state index contributed by atoms with van der Waals surface area (Å²) in [5.74, 6) is 5.82. The summed E-state index contributed by atoms with van der Waals surface area (Å²) in [5.41, 5.74) is 2.36. The Morgan fingerprint density at radius 2 is 1.82 bits per heavy atom. The summed E-state index contributed by atoms with van der Waals surface area (Å²) in [6.07, 6.45) is 5.15. The topological polar surface area (TPSA) is 20.2 Å². The van der Waals surface area contributed by atoms with E-state index in [0.717, 1.165) is 12.0 Å². The molecule has 0 saturated carbocycles. The molecule has 0 aliphatic carbocycles. The summed E-state index contributed by atoms with van der Waals surface area (Å²) in [4.78, 5) is 0. The van der Waals surface area contributed by atoms with E-state index in [1.54, 1.807) is 0 Å². The third-order valence-corrected chi connectivity index (χ3v) is 2.79. The summed E-state index contributed by atoms with van der Waals surface area (Å²) < 4.78 is 0. The molecule has 0 amide bonds. The van der Waals surface area contributed by atoms with E-state index in [2.05, 4.69) is 30.9 Å². The van der Waals surface area contributed by atoms with Gasteiger partial charge in [-0.15, -0.1) is 0 Å². The first-order chi connectivity index (χ1) is 8.26. The SMILES string of the molecule is CCCCCc1ccc(C#CC(O)CC)cc1. The lowest BCUT2D eigenvalue weighted by Crippen LogP contribution is -1.98. The number of aryl methyl sites for hydroxylation is 1. The Balaban J connectivity index is 2.52. The lowest BCUT2D eigenvalue weighted by molar-refractivity contribution is 0.228. The van der Waals surface area contributed by atoms with E-state index in [0.29, 0.717) is 6.42 Å². The molecule has 1 atom stereocenters. The minimum atomic E-state index is -0.501. The van der Waals surface area contributed by atoms with Crippen molar-refractivity contribution in [3.05, 3.63) is 35.4 Å². The molecule has 1 aromatic carbocycles. The maximum atomic E-state index is 9.34. The van der Waals surface area contributed by atoms with Crippen LogP contribution in [0.2, 0.25) is 0 Å². The highest BCUT2D eigenvalue weighted by Gasteiger charge is 1.94. The summed E-state index contributed by atoms with van der Waals surface area (Å²) >= 11 is 0. The van der Waals surface area contributed by atoms with Crippen LogP contribution in [-0.2, 0) is 6.42 Å². The average Bonchev–Trinajstić information content (AvgIpc) is 2.37. The minimum absolute atomic E-state index is 0.501. The molecule has 1 aromatic rings. The monoisotopic (exact) mass is 230 g/mol. The van der Waals surface area contributed by atoms with Gasteiger partial charge in [0.25, 0.3) is 0 Å². The van der Waals surface area contributed by atoms with Gasteiger partial charge >= 0.3 is 0 Å². The summed E-state index contributed by atoms with van der Waals surface area (Å²) in [6, 6.07) is 8.35. The van der Waals surface area contributed by atoms with Gasteiger partial charge in [0.15, 0.2) is 0 Å². The molecule has 1 heteroatoms. The smallest absolute Gasteiger partial charge is 0.114 e. The Bertz CT molecular complexity index is 367. The zero-order valence-electron chi connectivity index (χ0n) is 10.9. The van der Waals surface area contributed by atoms with Crippen LogP contribution < -0.4 is 0 Å². The highest BCUT2D eigenvalue weighted by atomic mass is 16.3. The molecule has 1 unspecified atom stereocenters. The molecule has 1 nitrogen and oxygen atoms in total. The molecular formula is C16H22O. The number of hydrogen-bond acceptors (Lipinski definition) is 1. The molecule has 0 heterocycles. The van der Waals surface area contributed by atoms with E-state index in [1.807, 2.05) is 19.1 Å². The largest absolute Gasteiger partial charge is 0.380 e.